The number of Topliss-reactive ketones (excluding diaryl/α,β-unsaturated/α-hetero) is 1. The molecule has 0 radical (unpaired) electrons. The fraction of sp³-hybridized carbons (Fsp3) is 0.314. The van der Waals surface area contributed by atoms with Crippen molar-refractivity contribution < 1.29 is 33.3 Å². The molecule has 3 aromatic carbocycles. The molecule has 0 spiro atoms. The average Bonchev–Trinajstić information content (AvgIpc) is 3.03. The lowest BCUT2D eigenvalue weighted by Gasteiger charge is -2.37. The highest BCUT2D eigenvalue weighted by Gasteiger charge is 2.43. The van der Waals surface area contributed by atoms with E-state index in [0.717, 1.165) is 16.8 Å². The Morgan fingerprint density at radius 2 is 1.48 bits per heavy atom. The van der Waals surface area contributed by atoms with E-state index >= 15 is 0 Å². The molecule has 1 amide bonds. The summed E-state index contributed by atoms with van der Waals surface area (Å²) >= 11 is 0. The van der Waals surface area contributed by atoms with Crippen LogP contribution in [0.3, 0.4) is 0 Å². The van der Waals surface area contributed by atoms with Crippen molar-refractivity contribution in [2.24, 2.45) is 0 Å². The summed E-state index contributed by atoms with van der Waals surface area (Å²) in [5.74, 6) is 1.30. The molecule has 2 aliphatic rings. The predicted octanol–water partition coefficient (Wildman–Crippen LogP) is 6.04. The van der Waals surface area contributed by atoms with Gasteiger partial charge in [0.05, 0.1) is 41.5 Å². The number of anilines is 1. The van der Waals surface area contributed by atoms with Gasteiger partial charge >= 0.3 is 0 Å². The van der Waals surface area contributed by atoms with E-state index in [4.69, 9.17) is 23.7 Å². The summed E-state index contributed by atoms with van der Waals surface area (Å²) in [6, 6.07) is 16.9. The van der Waals surface area contributed by atoms with Crippen LogP contribution < -0.4 is 34.3 Å². The van der Waals surface area contributed by atoms with Crippen molar-refractivity contribution in [1.29, 1.82) is 0 Å². The number of carbonyl (C=O) groups is 2. The van der Waals surface area contributed by atoms with Crippen LogP contribution in [0.4, 0.5) is 5.69 Å². The number of methoxy groups -OCH3 is 5. The molecule has 0 saturated heterocycles. The number of hydrogen-bond donors (Lipinski definition) is 2. The molecule has 1 heterocycles. The first kappa shape index (κ1) is 30.5. The molecule has 0 bridgehead atoms. The molecule has 1 aliphatic heterocycles. The molecular formula is C35H38N2O7. The highest BCUT2D eigenvalue weighted by Crippen LogP contribution is 2.51. The molecule has 0 fully saturated rings. The minimum Gasteiger partial charge on any atom is -0.493 e. The molecule has 2 atom stereocenters. The molecule has 5 rings (SSSR count). The Morgan fingerprint density at radius 3 is 2.14 bits per heavy atom. The summed E-state index contributed by atoms with van der Waals surface area (Å²) in [6.07, 6.45) is 0.820. The second-order valence-corrected chi connectivity index (χ2v) is 10.8. The standard InChI is InChI=1S/C35H38N2O7/c1-19-10-8-9-11-24(19)37-35(39)30-20(2)36-25-16-22(21-12-14-27(40-3)29(18-21)42-5)17-26(38)32(25)31(30)23-13-15-28(41-4)34(44-7)33(23)43-6/h8-15,18,22,31,36H,16-17H2,1-7H3,(H,37,39)/t22-,31+/m0/s1. The van der Waals surface area contributed by atoms with Crippen LogP contribution in [0.2, 0.25) is 0 Å². The van der Waals surface area contributed by atoms with Crippen LogP contribution >= 0.6 is 0 Å². The monoisotopic (exact) mass is 598 g/mol. The Hall–Kier alpha value is -4.92. The summed E-state index contributed by atoms with van der Waals surface area (Å²) in [5.41, 5.74) is 5.60. The molecule has 44 heavy (non-hydrogen) atoms. The average molecular weight is 599 g/mol. The first-order valence-corrected chi connectivity index (χ1v) is 14.4. The Labute approximate surface area is 257 Å². The van der Waals surface area contributed by atoms with Crippen molar-refractivity contribution >= 4 is 17.4 Å². The summed E-state index contributed by atoms with van der Waals surface area (Å²) in [6.45, 7) is 3.80. The molecule has 0 saturated carbocycles. The number of ketones is 1. The highest BCUT2D eigenvalue weighted by molar-refractivity contribution is 6.10. The van der Waals surface area contributed by atoms with E-state index in [2.05, 4.69) is 10.6 Å². The second-order valence-electron chi connectivity index (χ2n) is 10.8. The van der Waals surface area contributed by atoms with Crippen LogP contribution in [-0.4, -0.2) is 47.2 Å². The van der Waals surface area contributed by atoms with E-state index in [0.29, 0.717) is 63.3 Å². The topological polar surface area (TPSA) is 104 Å². The number of benzene rings is 3. The van der Waals surface area contributed by atoms with Gasteiger partial charge in [-0.05, 0) is 61.6 Å². The molecule has 9 heteroatoms. The smallest absolute Gasteiger partial charge is 0.254 e. The molecule has 1 aliphatic carbocycles. The van der Waals surface area contributed by atoms with Crippen molar-refractivity contribution in [2.45, 2.75) is 38.5 Å². The number of hydrogen-bond acceptors (Lipinski definition) is 8. The van der Waals surface area contributed by atoms with E-state index in [1.807, 2.05) is 62.4 Å². The second kappa shape index (κ2) is 12.8. The van der Waals surface area contributed by atoms with Crippen molar-refractivity contribution in [2.75, 3.05) is 40.9 Å². The van der Waals surface area contributed by atoms with Gasteiger partial charge in [-0.3, -0.25) is 9.59 Å². The Bertz CT molecular complexity index is 1670. The summed E-state index contributed by atoms with van der Waals surface area (Å²) < 4.78 is 28.0. The SMILES string of the molecule is COc1ccc([C@@H]2CC(=O)C3=C(C2)NC(C)=C(C(=O)Nc2ccccc2C)[C@H]3c2ccc(OC)c(OC)c2OC)cc1OC. The van der Waals surface area contributed by atoms with Crippen LogP contribution in [0.25, 0.3) is 0 Å². The maximum atomic E-state index is 14.2. The zero-order valence-corrected chi connectivity index (χ0v) is 26.1. The maximum absolute atomic E-state index is 14.2. The summed E-state index contributed by atoms with van der Waals surface area (Å²) in [7, 11) is 7.80. The van der Waals surface area contributed by atoms with Gasteiger partial charge in [0.1, 0.15) is 0 Å². The summed E-state index contributed by atoms with van der Waals surface area (Å²) in [5, 5.41) is 6.52. The minimum absolute atomic E-state index is 0.0611. The minimum atomic E-state index is -0.719. The third-order valence-corrected chi connectivity index (χ3v) is 8.39. The van der Waals surface area contributed by atoms with E-state index in [-0.39, 0.29) is 24.0 Å². The number of para-hydroxylation sites is 1. The van der Waals surface area contributed by atoms with E-state index < -0.39 is 5.92 Å². The fourth-order valence-corrected chi connectivity index (χ4v) is 6.25. The van der Waals surface area contributed by atoms with Crippen LogP contribution in [0.1, 0.15) is 48.3 Å². The Kier molecular flexibility index (Phi) is 8.85. The van der Waals surface area contributed by atoms with Crippen molar-refractivity contribution in [1.82, 2.24) is 5.32 Å². The lowest BCUT2D eigenvalue weighted by molar-refractivity contribution is -0.116. The zero-order chi connectivity index (χ0) is 31.5. The number of rotatable bonds is 9. The van der Waals surface area contributed by atoms with Crippen molar-refractivity contribution in [3.05, 3.63) is 93.8 Å². The third kappa shape index (κ3) is 5.45. The molecule has 2 N–H and O–H groups in total. The Morgan fingerprint density at radius 1 is 0.795 bits per heavy atom. The lowest BCUT2D eigenvalue weighted by atomic mass is 9.71. The van der Waals surface area contributed by atoms with E-state index in [1.165, 1.54) is 14.2 Å². The molecular weight excluding hydrogens is 560 g/mol. The number of aryl methyl sites for hydroxylation is 1. The van der Waals surface area contributed by atoms with Gasteiger partial charge in [0.25, 0.3) is 5.91 Å². The van der Waals surface area contributed by atoms with Crippen LogP contribution in [0.15, 0.2) is 77.1 Å². The van der Waals surface area contributed by atoms with Gasteiger partial charge in [0.2, 0.25) is 5.75 Å². The van der Waals surface area contributed by atoms with Crippen LogP contribution in [0.5, 0.6) is 28.7 Å². The van der Waals surface area contributed by atoms with Gasteiger partial charge in [-0.2, -0.15) is 0 Å². The van der Waals surface area contributed by atoms with E-state index in [9.17, 15) is 9.59 Å². The number of allylic oxidation sites excluding steroid dienone is 3. The maximum Gasteiger partial charge on any atom is 0.254 e. The molecule has 0 aromatic heterocycles. The number of amides is 1. The number of carbonyl (C=O) groups excluding carboxylic acids is 2. The number of ether oxygens (including phenoxy) is 5. The van der Waals surface area contributed by atoms with Gasteiger partial charge in [-0.15, -0.1) is 0 Å². The number of nitrogens with one attached hydrogen (secondary N) is 2. The van der Waals surface area contributed by atoms with Crippen molar-refractivity contribution in [3.63, 3.8) is 0 Å². The van der Waals surface area contributed by atoms with Gasteiger partial charge in [0, 0.05) is 40.2 Å². The normalized spacial score (nSPS) is 17.8. The number of dihydropyridines is 1. The largest absolute Gasteiger partial charge is 0.493 e. The first-order chi connectivity index (χ1) is 21.3. The highest BCUT2D eigenvalue weighted by atomic mass is 16.5. The van der Waals surface area contributed by atoms with Gasteiger partial charge in [-0.25, -0.2) is 0 Å². The fourth-order valence-electron chi connectivity index (χ4n) is 6.25. The van der Waals surface area contributed by atoms with Crippen molar-refractivity contribution in [3.8, 4) is 28.7 Å². The first-order valence-electron chi connectivity index (χ1n) is 14.4. The summed E-state index contributed by atoms with van der Waals surface area (Å²) in [4.78, 5) is 28.4. The quantitative estimate of drug-likeness (QED) is 0.307. The Balaban J connectivity index is 1.65. The van der Waals surface area contributed by atoms with Gasteiger partial charge in [0.15, 0.2) is 28.8 Å². The predicted molar refractivity (Wildman–Crippen MR) is 168 cm³/mol. The van der Waals surface area contributed by atoms with Gasteiger partial charge < -0.3 is 34.3 Å². The van der Waals surface area contributed by atoms with Gasteiger partial charge in [-0.1, -0.05) is 30.3 Å². The zero-order valence-electron chi connectivity index (χ0n) is 26.1. The van der Waals surface area contributed by atoms with Crippen LogP contribution in [-0.2, 0) is 9.59 Å². The molecule has 230 valence electrons. The lowest BCUT2D eigenvalue weighted by Crippen LogP contribution is -2.37. The van der Waals surface area contributed by atoms with E-state index in [1.54, 1.807) is 27.4 Å². The molecule has 9 nitrogen and oxygen atoms in total. The molecule has 3 aromatic rings. The molecule has 0 unspecified atom stereocenters. The third-order valence-electron chi connectivity index (χ3n) is 8.39. The van der Waals surface area contributed by atoms with Crippen LogP contribution in [0, 0.1) is 6.92 Å².